The van der Waals surface area contributed by atoms with Crippen LogP contribution in [0.1, 0.15) is 23.0 Å². The minimum Gasteiger partial charge on any atom is -0.496 e. The number of esters is 1. The Morgan fingerprint density at radius 1 is 1.11 bits per heavy atom. The molecule has 146 valence electrons. The van der Waals surface area contributed by atoms with Crippen molar-refractivity contribution in [2.75, 3.05) is 12.9 Å². The van der Waals surface area contributed by atoms with Crippen LogP contribution < -0.4 is 4.74 Å². The molecule has 0 saturated heterocycles. The van der Waals surface area contributed by atoms with E-state index < -0.39 is 15.8 Å². The molecule has 0 aliphatic rings. The van der Waals surface area contributed by atoms with E-state index in [0.717, 1.165) is 10.6 Å². The van der Waals surface area contributed by atoms with Gasteiger partial charge in [0.25, 0.3) is 0 Å². The van der Waals surface area contributed by atoms with Crippen LogP contribution in [0.15, 0.2) is 58.8 Å². The third-order valence-electron chi connectivity index (χ3n) is 4.06. The molecule has 8 heteroatoms. The molecule has 1 aromatic heterocycles. The Hall–Kier alpha value is -2.71. The zero-order valence-electron chi connectivity index (χ0n) is 15.4. The molecule has 3 aromatic rings. The number of sulfone groups is 1. The molecule has 0 aliphatic carbocycles. The number of thiazole rings is 1. The maximum atomic E-state index is 12.4. The van der Waals surface area contributed by atoms with E-state index in [0.29, 0.717) is 11.4 Å². The Kier molecular flexibility index (Phi) is 6.11. The lowest BCUT2D eigenvalue weighted by molar-refractivity contribution is 0.0464. The number of hydrogen-bond acceptors (Lipinski definition) is 7. The van der Waals surface area contributed by atoms with E-state index >= 15 is 0 Å². The molecule has 0 unspecified atom stereocenters. The van der Waals surface area contributed by atoms with Crippen LogP contribution in [0.4, 0.5) is 0 Å². The molecule has 0 atom stereocenters. The van der Waals surface area contributed by atoms with Crippen LogP contribution in [-0.4, -0.2) is 32.2 Å². The first-order valence-corrected chi connectivity index (χ1v) is 11.1. The summed E-state index contributed by atoms with van der Waals surface area (Å²) < 4.78 is 35.0. The molecule has 0 spiro atoms. The van der Waals surface area contributed by atoms with E-state index in [1.54, 1.807) is 24.6 Å². The summed E-state index contributed by atoms with van der Waals surface area (Å²) in [5.74, 6) is -0.0791. The van der Waals surface area contributed by atoms with Gasteiger partial charge in [0, 0.05) is 5.38 Å². The molecule has 28 heavy (non-hydrogen) atoms. The van der Waals surface area contributed by atoms with E-state index in [4.69, 9.17) is 9.47 Å². The highest BCUT2D eigenvalue weighted by atomic mass is 32.2. The summed E-state index contributed by atoms with van der Waals surface area (Å²) in [5.41, 5.74) is 1.46. The smallest absolute Gasteiger partial charge is 0.339 e. The number of carbonyl (C=O) groups excluding carboxylic acids is 1. The lowest BCUT2D eigenvalue weighted by Gasteiger charge is -2.08. The van der Waals surface area contributed by atoms with Crippen LogP contribution >= 0.6 is 11.3 Å². The molecule has 0 saturated carbocycles. The van der Waals surface area contributed by atoms with E-state index in [2.05, 4.69) is 4.98 Å². The fraction of sp³-hybridized carbons (Fsp3) is 0.200. The summed E-state index contributed by atoms with van der Waals surface area (Å²) >= 11 is 1.41. The lowest BCUT2D eigenvalue weighted by Crippen LogP contribution is -2.13. The highest BCUT2D eigenvalue weighted by Crippen LogP contribution is 2.32. The number of para-hydroxylation sites is 1. The molecule has 0 amide bonds. The van der Waals surface area contributed by atoms with Gasteiger partial charge in [-0.1, -0.05) is 31.2 Å². The van der Waals surface area contributed by atoms with E-state index in [1.165, 1.54) is 30.4 Å². The van der Waals surface area contributed by atoms with Crippen LogP contribution in [-0.2, 0) is 21.2 Å². The Bertz CT molecular complexity index is 1090. The first-order chi connectivity index (χ1) is 13.5. The number of carbonyl (C=O) groups is 1. The van der Waals surface area contributed by atoms with Crippen molar-refractivity contribution in [1.82, 2.24) is 4.98 Å². The zero-order chi connectivity index (χ0) is 20.1. The number of benzene rings is 2. The van der Waals surface area contributed by atoms with Gasteiger partial charge < -0.3 is 9.47 Å². The molecule has 3 rings (SSSR count). The SMILES string of the molecule is CCS(=O)(=O)c1ccccc1C(=O)OCc1csc(-c2ccccc2OC)n1. The summed E-state index contributed by atoms with van der Waals surface area (Å²) in [6.07, 6.45) is 0. The second kappa shape index (κ2) is 8.53. The first-order valence-electron chi connectivity index (χ1n) is 8.53. The molecule has 0 aliphatic heterocycles. The van der Waals surface area contributed by atoms with Gasteiger partial charge in [-0.15, -0.1) is 11.3 Å². The maximum absolute atomic E-state index is 12.4. The summed E-state index contributed by atoms with van der Waals surface area (Å²) in [6, 6.07) is 13.6. The van der Waals surface area contributed by atoms with Crippen molar-refractivity contribution < 1.29 is 22.7 Å². The van der Waals surface area contributed by atoms with Gasteiger partial charge in [0.2, 0.25) is 0 Å². The second-order valence-corrected chi connectivity index (χ2v) is 8.92. The van der Waals surface area contributed by atoms with Crippen LogP contribution in [0.3, 0.4) is 0 Å². The maximum Gasteiger partial charge on any atom is 0.339 e. The summed E-state index contributed by atoms with van der Waals surface area (Å²) in [6.45, 7) is 1.48. The third-order valence-corrected chi connectivity index (χ3v) is 6.77. The minimum absolute atomic E-state index is 0.0181. The molecule has 2 aromatic carbocycles. The van der Waals surface area contributed by atoms with Crippen molar-refractivity contribution >= 4 is 27.1 Å². The molecular weight excluding hydrogens is 398 g/mol. The Morgan fingerprint density at radius 2 is 1.82 bits per heavy atom. The fourth-order valence-electron chi connectivity index (χ4n) is 2.60. The van der Waals surface area contributed by atoms with Crippen LogP contribution in [0, 0.1) is 0 Å². The Balaban J connectivity index is 1.76. The molecule has 0 fully saturated rings. The minimum atomic E-state index is -3.52. The van der Waals surface area contributed by atoms with Crippen molar-refractivity contribution in [2.45, 2.75) is 18.4 Å². The monoisotopic (exact) mass is 417 g/mol. The first kappa shape index (κ1) is 20.0. The van der Waals surface area contributed by atoms with Gasteiger partial charge in [0.15, 0.2) is 9.84 Å². The topological polar surface area (TPSA) is 82.6 Å². The molecule has 0 radical (unpaired) electrons. The highest BCUT2D eigenvalue weighted by molar-refractivity contribution is 7.91. The standard InChI is InChI=1S/C20H19NO5S2/c1-3-28(23,24)18-11-7-5-9-16(18)20(22)26-12-14-13-27-19(21-14)15-8-4-6-10-17(15)25-2/h4-11,13H,3,12H2,1-2H3. The van der Waals surface area contributed by atoms with Crippen LogP contribution in [0.5, 0.6) is 5.75 Å². The number of aromatic nitrogens is 1. The van der Waals surface area contributed by atoms with E-state index in [9.17, 15) is 13.2 Å². The van der Waals surface area contributed by atoms with Crippen LogP contribution in [0.25, 0.3) is 10.6 Å². The van der Waals surface area contributed by atoms with Gasteiger partial charge in [-0.2, -0.15) is 0 Å². The highest BCUT2D eigenvalue weighted by Gasteiger charge is 2.22. The fourth-order valence-corrected chi connectivity index (χ4v) is 4.51. The molecule has 1 heterocycles. The van der Waals surface area contributed by atoms with Crippen molar-refractivity contribution in [3.8, 4) is 16.3 Å². The average molecular weight is 418 g/mol. The second-order valence-electron chi connectivity index (χ2n) is 5.82. The quantitative estimate of drug-likeness (QED) is 0.541. The number of ether oxygens (including phenoxy) is 2. The van der Waals surface area contributed by atoms with Crippen molar-refractivity contribution in [2.24, 2.45) is 0 Å². The van der Waals surface area contributed by atoms with E-state index in [1.807, 2.05) is 24.3 Å². The largest absolute Gasteiger partial charge is 0.496 e. The number of methoxy groups -OCH3 is 1. The predicted molar refractivity (Wildman–Crippen MR) is 107 cm³/mol. The molecule has 6 nitrogen and oxygen atoms in total. The normalized spacial score (nSPS) is 11.2. The number of hydrogen-bond donors (Lipinski definition) is 0. The van der Waals surface area contributed by atoms with Crippen molar-refractivity contribution in [3.05, 3.63) is 65.2 Å². The van der Waals surface area contributed by atoms with Gasteiger partial charge in [-0.3, -0.25) is 0 Å². The summed E-state index contributed by atoms with van der Waals surface area (Å²) in [4.78, 5) is 16.9. The van der Waals surface area contributed by atoms with Crippen LogP contribution in [0.2, 0.25) is 0 Å². The van der Waals surface area contributed by atoms with Crippen molar-refractivity contribution in [1.29, 1.82) is 0 Å². The summed E-state index contributed by atoms with van der Waals surface area (Å²) in [5, 5.41) is 2.54. The van der Waals surface area contributed by atoms with Gasteiger partial charge in [-0.25, -0.2) is 18.2 Å². The van der Waals surface area contributed by atoms with Gasteiger partial charge in [0.05, 0.1) is 34.6 Å². The Labute approximate surface area is 167 Å². The lowest BCUT2D eigenvalue weighted by atomic mass is 10.2. The average Bonchev–Trinajstić information content (AvgIpc) is 3.20. The van der Waals surface area contributed by atoms with Gasteiger partial charge in [0.1, 0.15) is 17.4 Å². The third kappa shape index (κ3) is 4.23. The predicted octanol–water partition coefficient (Wildman–Crippen LogP) is 3.97. The zero-order valence-corrected chi connectivity index (χ0v) is 17.0. The van der Waals surface area contributed by atoms with Gasteiger partial charge in [-0.05, 0) is 24.3 Å². The molecule has 0 bridgehead atoms. The van der Waals surface area contributed by atoms with Crippen molar-refractivity contribution in [3.63, 3.8) is 0 Å². The summed E-state index contributed by atoms with van der Waals surface area (Å²) in [7, 11) is -1.93. The molecule has 0 N–H and O–H groups in total. The van der Waals surface area contributed by atoms with Gasteiger partial charge >= 0.3 is 5.97 Å². The van der Waals surface area contributed by atoms with E-state index in [-0.39, 0.29) is 22.8 Å². The molecular formula is C20H19NO5S2. The Morgan fingerprint density at radius 3 is 2.57 bits per heavy atom. The number of nitrogens with zero attached hydrogens (tertiary/aromatic N) is 1. The number of rotatable bonds is 7.